The molecule has 0 bridgehead atoms. The van der Waals surface area contributed by atoms with Crippen LogP contribution < -0.4 is 20.7 Å². The van der Waals surface area contributed by atoms with E-state index in [9.17, 15) is 4.79 Å². The van der Waals surface area contributed by atoms with E-state index in [0.29, 0.717) is 24.1 Å². The zero-order valence-electron chi connectivity index (χ0n) is 18.9. The average Bonchev–Trinajstić information content (AvgIpc) is 3.30. The molecule has 1 heterocycles. The van der Waals surface area contributed by atoms with Crippen molar-refractivity contribution in [2.45, 2.75) is 51.7 Å². The van der Waals surface area contributed by atoms with Crippen LogP contribution in [0.2, 0.25) is 0 Å². The Kier molecular flexibility index (Phi) is 11.3. The maximum Gasteiger partial charge on any atom is 0.251 e. The number of carbonyl (C=O) groups is 1. The fraction of sp³-hybridized carbons (Fsp3) is 0.458. The van der Waals surface area contributed by atoms with Gasteiger partial charge in [-0.25, -0.2) is 9.98 Å². The summed E-state index contributed by atoms with van der Waals surface area (Å²) in [6.45, 7) is 4.09. The van der Waals surface area contributed by atoms with Gasteiger partial charge in [0, 0.05) is 38.0 Å². The van der Waals surface area contributed by atoms with Gasteiger partial charge >= 0.3 is 0 Å². The number of rotatable bonds is 9. The number of aliphatic imine (C=N–C) groups is 1. The summed E-state index contributed by atoms with van der Waals surface area (Å²) in [5.74, 6) is 1.38. The van der Waals surface area contributed by atoms with Crippen molar-refractivity contribution in [1.82, 2.24) is 20.9 Å². The van der Waals surface area contributed by atoms with Gasteiger partial charge in [0.15, 0.2) is 5.96 Å². The van der Waals surface area contributed by atoms with Gasteiger partial charge in [-0.1, -0.05) is 12.1 Å². The Bertz CT molecular complexity index is 884. The predicted molar refractivity (Wildman–Crippen MR) is 139 cm³/mol. The summed E-state index contributed by atoms with van der Waals surface area (Å²) >= 11 is 0. The van der Waals surface area contributed by atoms with Crippen molar-refractivity contribution < 1.29 is 9.53 Å². The molecule has 32 heavy (non-hydrogen) atoms. The van der Waals surface area contributed by atoms with Crippen molar-refractivity contribution in [3.8, 4) is 5.88 Å². The van der Waals surface area contributed by atoms with Crippen molar-refractivity contribution in [3.63, 3.8) is 0 Å². The van der Waals surface area contributed by atoms with Crippen molar-refractivity contribution >= 4 is 35.8 Å². The number of hydrogen-bond acceptors (Lipinski definition) is 4. The second-order valence-corrected chi connectivity index (χ2v) is 7.68. The molecule has 1 aromatic carbocycles. The molecule has 174 valence electrons. The smallest absolute Gasteiger partial charge is 0.251 e. The lowest BCUT2D eigenvalue weighted by Gasteiger charge is -2.13. The highest BCUT2D eigenvalue weighted by Crippen LogP contribution is 2.23. The molecule has 0 radical (unpaired) electrons. The topological polar surface area (TPSA) is 87.6 Å². The summed E-state index contributed by atoms with van der Waals surface area (Å²) in [6, 6.07) is 11.6. The van der Waals surface area contributed by atoms with Crippen LogP contribution in [0.4, 0.5) is 0 Å². The van der Waals surface area contributed by atoms with E-state index in [0.717, 1.165) is 49.4 Å². The van der Waals surface area contributed by atoms with Gasteiger partial charge in [0.2, 0.25) is 5.88 Å². The number of benzene rings is 1. The van der Waals surface area contributed by atoms with Gasteiger partial charge in [-0.15, -0.1) is 24.0 Å². The molecule has 7 nitrogen and oxygen atoms in total. The van der Waals surface area contributed by atoms with E-state index in [1.165, 1.54) is 12.8 Å². The fourth-order valence-corrected chi connectivity index (χ4v) is 3.64. The number of hydrogen-bond donors (Lipinski definition) is 3. The SMILES string of the molecule is CCNC(=NCc1ccnc(OC2CCCC2)c1)NCCc1cccc(C(=O)NC)c1.I. The van der Waals surface area contributed by atoms with Gasteiger partial charge in [-0.05, 0) is 68.4 Å². The summed E-state index contributed by atoms with van der Waals surface area (Å²) in [5, 5.41) is 9.30. The molecule has 2 aromatic rings. The molecule has 8 heteroatoms. The Hall–Kier alpha value is -2.36. The van der Waals surface area contributed by atoms with Crippen molar-refractivity contribution in [1.29, 1.82) is 0 Å². The zero-order chi connectivity index (χ0) is 21.9. The Morgan fingerprint density at radius 1 is 1.16 bits per heavy atom. The number of ether oxygens (including phenoxy) is 1. The first-order chi connectivity index (χ1) is 15.2. The molecule has 0 aliphatic heterocycles. The number of guanidine groups is 1. The van der Waals surface area contributed by atoms with E-state index in [1.54, 1.807) is 13.2 Å². The average molecular weight is 551 g/mol. The normalized spacial score (nSPS) is 13.9. The molecule has 1 amide bonds. The standard InChI is InChI=1S/C24H33N5O2.HI/c1-3-26-24(28-14-11-18-7-6-8-20(15-18)23(30)25-2)29-17-19-12-13-27-22(16-19)31-21-9-4-5-10-21;/h6-8,12-13,15-16,21H,3-5,9-11,14,17H2,1-2H3,(H,25,30)(H2,26,28,29);1H. The molecule has 1 aliphatic carbocycles. The van der Waals surface area contributed by atoms with Gasteiger partial charge in [-0.2, -0.15) is 0 Å². The molecule has 0 spiro atoms. The van der Waals surface area contributed by atoms with Crippen LogP contribution in [0.1, 0.15) is 54.1 Å². The predicted octanol–water partition coefficient (Wildman–Crippen LogP) is 3.68. The minimum Gasteiger partial charge on any atom is -0.474 e. The zero-order valence-corrected chi connectivity index (χ0v) is 21.2. The van der Waals surface area contributed by atoms with Gasteiger partial charge in [0.25, 0.3) is 5.91 Å². The third kappa shape index (κ3) is 8.29. The first kappa shape index (κ1) is 25.9. The number of carbonyl (C=O) groups excluding carboxylic acids is 1. The van der Waals surface area contributed by atoms with E-state index < -0.39 is 0 Å². The summed E-state index contributed by atoms with van der Waals surface area (Å²) in [6.07, 6.45) is 7.59. The van der Waals surface area contributed by atoms with Crippen LogP contribution in [0, 0.1) is 0 Å². The Balaban J connectivity index is 0.00000363. The Labute approximate surface area is 207 Å². The van der Waals surface area contributed by atoms with Crippen LogP contribution in [0.25, 0.3) is 0 Å². The maximum atomic E-state index is 11.8. The van der Waals surface area contributed by atoms with Crippen LogP contribution in [0.3, 0.4) is 0 Å². The molecule has 1 fully saturated rings. The molecular weight excluding hydrogens is 517 g/mol. The van der Waals surface area contributed by atoms with Crippen LogP contribution >= 0.6 is 24.0 Å². The van der Waals surface area contributed by atoms with Crippen LogP contribution in [0.5, 0.6) is 5.88 Å². The van der Waals surface area contributed by atoms with Gasteiger partial charge < -0.3 is 20.7 Å². The van der Waals surface area contributed by atoms with E-state index in [2.05, 4.69) is 20.9 Å². The van der Waals surface area contributed by atoms with E-state index in [-0.39, 0.29) is 29.9 Å². The highest BCUT2D eigenvalue weighted by atomic mass is 127. The maximum absolute atomic E-state index is 11.8. The molecule has 0 unspecified atom stereocenters. The summed E-state index contributed by atoms with van der Waals surface area (Å²) in [5.41, 5.74) is 2.85. The third-order valence-electron chi connectivity index (χ3n) is 5.28. The van der Waals surface area contributed by atoms with Gasteiger partial charge in [0.05, 0.1) is 6.54 Å². The van der Waals surface area contributed by atoms with E-state index in [1.807, 2.05) is 43.3 Å². The lowest BCUT2D eigenvalue weighted by atomic mass is 10.1. The second kappa shape index (κ2) is 13.9. The Morgan fingerprint density at radius 2 is 1.97 bits per heavy atom. The molecule has 1 aliphatic rings. The number of aromatic nitrogens is 1. The van der Waals surface area contributed by atoms with E-state index in [4.69, 9.17) is 9.73 Å². The molecule has 1 saturated carbocycles. The van der Waals surface area contributed by atoms with E-state index >= 15 is 0 Å². The largest absolute Gasteiger partial charge is 0.474 e. The molecule has 3 N–H and O–H groups in total. The lowest BCUT2D eigenvalue weighted by Crippen LogP contribution is -2.38. The van der Waals surface area contributed by atoms with Gasteiger partial charge in [-0.3, -0.25) is 4.79 Å². The number of nitrogens with zero attached hydrogens (tertiary/aromatic N) is 2. The van der Waals surface area contributed by atoms with Crippen LogP contribution in [-0.4, -0.2) is 43.1 Å². The molecule has 0 saturated heterocycles. The van der Waals surface area contributed by atoms with Crippen molar-refractivity contribution in [3.05, 3.63) is 59.3 Å². The minimum absolute atomic E-state index is 0. The monoisotopic (exact) mass is 551 g/mol. The summed E-state index contributed by atoms with van der Waals surface area (Å²) in [4.78, 5) is 20.8. The fourth-order valence-electron chi connectivity index (χ4n) is 3.64. The van der Waals surface area contributed by atoms with Crippen molar-refractivity contribution in [2.24, 2.45) is 4.99 Å². The third-order valence-corrected chi connectivity index (χ3v) is 5.28. The van der Waals surface area contributed by atoms with Gasteiger partial charge in [0.1, 0.15) is 6.10 Å². The highest BCUT2D eigenvalue weighted by molar-refractivity contribution is 14.0. The quantitative estimate of drug-likeness (QED) is 0.252. The summed E-state index contributed by atoms with van der Waals surface area (Å²) in [7, 11) is 1.64. The molecule has 3 rings (SSSR count). The number of halogens is 1. The molecule has 1 aromatic heterocycles. The highest BCUT2D eigenvalue weighted by Gasteiger charge is 2.17. The van der Waals surface area contributed by atoms with Crippen LogP contribution in [0.15, 0.2) is 47.6 Å². The lowest BCUT2D eigenvalue weighted by molar-refractivity contribution is 0.0963. The first-order valence-corrected chi connectivity index (χ1v) is 11.1. The summed E-state index contributed by atoms with van der Waals surface area (Å²) < 4.78 is 6.00. The number of pyridine rings is 1. The number of nitrogens with one attached hydrogen (secondary N) is 3. The second-order valence-electron chi connectivity index (χ2n) is 7.68. The van der Waals surface area contributed by atoms with Crippen LogP contribution in [-0.2, 0) is 13.0 Å². The molecular formula is C24H34IN5O2. The molecule has 0 atom stereocenters. The number of amides is 1. The minimum atomic E-state index is -0.0710. The Morgan fingerprint density at radius 3 is 2.72 bits per heavy atom. The van der Waals surface area contributed by atoms with Crippen molar-refractivity contribution in [2.75, 3.05) is 20.1 Å². The first-order valence-electron chi connectivity index (χ1n) is 11.1.